The van der Waals surface area contributed by atoms with Crippen LogP contribution in [0.1, 0.15) is 33.3 Å². The summed E-state index contributed by atoms with van der Waals surface area (Å²) in [6, 6.07) is 15.6. The van der Waals surface area contributed by atoms with Crippen LogP contribution >= 0.6 is 0 Å². The Hall–Kier alpha value is -2.05. The van der Waals surface area contributed by atoms with E-state index in [9.17, 15) is 5.26 Å². The molecule has 3 heteroatoms. The molecule has 0 aliphatic carbocycles. The van der Waals surface area contributed by atoms with Crippen LogP contribution in [0.2, 0.25) is 11.1 Å². The smallest absolute Gasteiger partial charge is 0.124 e. The predicted octanol–water partition coefficient (Wildman–Crippen LogP) is 3.99. The van der Waals surface area contributed by atoms with Crippen molar-refractivity contribution in [2.24, 2.45) is 0 Å². The fraction of sp³-hybridized carbons (Fsp3) is 0.381. The van der Waals surface area contributed by atoms with E-state index in [1.807, 2.05) is 6.07 Å². The van der Waals surface area contributed by atoms with Crippen LogP contribution in [0.25, 0.3) is 11.1 Å². The Balaban J connectivity index is 2.41. The maximum Gasteiger partial charge on any atom is 0.124 e. The molecule has 0 unspecified atom stereocenters. The van der Waals surface area contributed by atoms with Gasteiger partial charge >= 0.3 is 0 Å². The number of nitrogens with zero attached hydrogens (tertiary/aromatic N) is 2. The van der Waals surface area contributed by atoms with Crippen molar-refractivity contribution in [3.05, 3.63) is 42.0 Å². The summed E-state index contributed by atoms with van der Waals surface area (Å²) >= 11 is 0. The third-order valence-electron chi connectivity index (χ3n) is 5.67. The van der Waals surface area contributed by atoms with Crippen molar-refractivity contribution >= 4 is 24.1 Å². The van der Waals surface area contributed by atoms with Crippen LogP contribution in [-0.4, -0.2) is 22.2 Å². The number of hydrogen-bond donors (Lipinski definition) is 0. The number of rotatable bonds is 3. The van der Waals surface area contributed by atoms with E-state index in [0.717, 1.165) is 5.56 Å². The monoisotopic (exact) mass is 334 g/mol. The summed E-state index contributed by atoms with van der Waals surface area (Å²) in [5.74, 6) is 0. The first-order valence-corrected chi connectivity index (χ1v) is 10.9. The van der Waals surface area contributed by atoms with Gasteiger partial charge in [-0.05, 0) is 56.8 Å². The second kappa shape index (κ2) is 5.79. The highest BCUT2D eigenvalue weighted by Gasteiger charge is 2.50. The van der Waals surface area contributed by atoms with Crippen LogP contribution in [0.15, 0.2) is 36.4 Å². The van der Waals surface area contributed by atoms with Gasteiger partial charge in [0, 0.05) is 19.8 Å². The molecule has 1 aliphatic rings. The second-order valence-corrected chi connectivity index (χ2v) is 12.8. The SMILES string of the molecule is CC(C)[Si]1(C(C)C)c2cc(C#N)ccc2-c2ccc(N(C)C)cc21. The molecule has 1 aliphatic heterocycles. The van der Waals surface area contributed by atoms with Crippen LogP contribution in [0.5, 0.6) is 0 Å². The van der Waals surface area contributed by atoms with E-state index in [0.29, 0.717) is 11.1 Å². The summed E-state index contributed by atoms with van der Waals surface area (Å²) in [6.07, 6.45) is 0. The Labute approximate surface area is 146 Å². The predicted molar refractivity (Wildman–Crippen MR) is 106 cm³/mol. The quantitative estimate of drug-likeness (QED) is 0.794. The molecule has 0 spiro atoms. The highest BCUT2D eigenvalue weighted by Crippen LogP contribution is 2.41. The summed E-state index contributed by atoms with van der Waals surface area (Å²) in [4.78, 5) is 2.18. The molecular formula is C21H26N2Si. The maximum absolute atomic E-state index is 9.41. The molecule has 1 heterocycles. The lowest BCUT2D eigenvalue weighted by atomic mass is 10.0. The summed E-state index contributed by atoms with van der Waals surface area (Å²) in [7, 11) is 2.27. The van der Waals surface area contributed by atoms with E-state index >= 15 is 0 Å². The number of anilines is 1. The van der Waals surface area contributed by atoms with Gasteiger partial charge < -0.3 is 4.90 Å². The molecule has 0 bridgehead atoms. The maximum atomic E-state index is 9.41. The fourth-order valence-corrected chi connectivity index (χ4v) is 10.9. The van der Waals surface area contributed by atoms with Crippen LogP contribution in [0.4, 0.5) is 5.69 Å². The minimum absolute atomic E-state index is 0.587. The van der Waals surface area contributed by atoms with E-state index in [-0.39, 0.29) is 0 Å². The molecule has 0 amide bonds. The molecular weight excluding hydrogens is 308 g/mol. The first kappa shape index (κ1) is 16.8. The standard InChI is InChI=1S/C21H26N2Si/c1-14(2)24(15(3)4)20-11-16(13-22)7-9-18(20)19-10-8-17(23(5)6)12-21(19)24/h7-12,14-15H,1-6H3. The zero-order valence-electron chi connectivity index (χ0n) is 15.5. The zero-order valence-corrected chi connectivity index (χ0v) is 16.5. The van der Waals surface area contributed by atoms with E-state index in [1.165, 1.54) is 22.0 Å². The lowest BCUT2D eigenvalue weighted by Crippen LogP contribution is -2.60. The molecule has 0 saturated heterocycles. The van der Waals surface area contributed by atoms with Crippen LogP contribution in [0, 0.1) is 11.3 Å². The van der Waals surface area contributed by atoms with Crippen molar-refractivity contribution in [2.45, 2.75) is 38.8 Å². The van der Waals surface area contributed by atoms with Gasteiger partial charge in [-0.15, -0.1) is 0 Å². The molecule has 3 rings (SSSR count). The molecule has 2 aromatic carbocycles. The average molecular weight is 335 g/mol. The third-order valence-corrected chi connectivity index (χ3v) is 11.9. The highest BCUT2D eigenvalue weighted by atomic mass is 28.3. The first-order chi connectivity index (χ1) is 11.3. The van der Waals surface area contributed by atoms with E-state index in [2.05, 4.69) is 83.1 Å². The molecule has 124 valence electrons. The molecule has 0 radical (unpaired) electrons. The number of hydrogen-bond acceptors (Lipinski definition) is 2. The van der Waals surface area contributed by atoms with Gasteiger partial charge in [-0.1, -0.05) is 39.8 Å². The largest absolute Gasteiger partial charge is 0.378 e. The molecule has 0 aromatic heterocycles. The van der Waals surface area contributed by atoms with Gasteiger partial charge in [-0.3, -0.25) is 0 Å². The minimum Gasteiger partial charge on any atom is -0.378 e. The average Bonchev–Trinajstić information content (AvgIpc) is 2.84. The Bertz CT molecular complexity index is 820. The number of nitriles is 1. The highest BCUT2D eigenvalue weighted by molar-refractivity contribution is 7.07. The normalized spacial score (nSPS) is 14.5. The van der Waals surface area contributed by atoms with Gasteiger partial charge in [-0.2, -0.15) is 5.26 Å². The van der Waals surface area contributed by atoms with Crippen molar-refractivity contribution < 1.29 is 0 Å². The summed E-state index contributed by atoms with van der Waals surface area (Å²) in [5, 5.41) is 12.4. The van der Waals surface area contributed by atoms with Crippen molar-refractivity contribution in [1.82, 2.24) is 0 Å². The summed E-state index contributed by atoms with van der Waals surface area (Å²) in [5.41, 5.74) is 5.96. The van der Waals surface area contributed by atoms with E-state index < -0.39 is 8.07 Å². The van der Waals surface area contributed by atoms with Gasteiger partial charge in [0.25, 0.3) is 0 Å². The van der Waals surface area contributed by atoms with Crippen molar-refractivity contribution in [2.75, 3.05) is 19.0 Å². The van der Waals surface area contributed by atoms with E-state index in [4.69, 9.17) is 0 Å². The summed E-state index contributed by atoms with van der Waals surface area (Å²) in [6.45, 7) is 9.47. The number of fused-ring (bicyclic) bond motifs is 3. The molecule has 2 aromatic rings. The van der Waals surface area contributed by atoms with Gasteiger partial charge in [-0.25, -0.2) is 0 Å². The van der Waals surface area contributed by atoms with Crippen molar-refractivity contribution in [1.29, 1.82) is 5.26 Å². The molecule has 0 saturated carbocycles. The Morgan fingerprint density at radius 3 is 1.92 bits per heavy atom. The Morgan fingerprint density at radius 2 is 1.42 bits per heavy atom. The molecule has 0 N–H and O–H groups in total. The van der Waals surface area contributed by atoms with Gasteiger partial charge in [0.1, 0.15) is 8.07 Å². The van der Waals surface area contributed by atoms with E-state index in [1.54, 1.807) is 5.19 Å². The summed E-state index contributed by atoms with van der Waals surface area (Å²) < 4.78 is 0. The van der Waals surface area contributed by atoms with Crippen LogP contribution < -0.4 is 15.3 Å². The van der Waals surface area contributed by atoms with Crippen molar-refractivity contribution in [3.63, 3.8) is 0 Å². The second-order valence-electron chi connectivity index (χ2n) is 7.67. The lowest BCUT2D eigenvalue weighted by Gasteiger charge is -2.38. The van der Waals surface area contributed by atoms with Gasteiger partial charge in [0.2, 0.25) is 0 Å². The minimum atomic E-state index is -1.93. The molecule has 24 heavy (non-hydrogen) atoms. The molecule has 0 atom stereocenters. The molecule has 2 nitrogen and oxygen atoms in total. The topological polar surface area (TPSA) is 27.0 Å². The lowest BCUT2D eigenvalue weighted by molar-refractivity contribution is 0.930. The Kier molecular flexibility index (Phi) is 4.05. The molecule has 0 fully saturated rings. The number of benzene rings is 2. The van der Waals surface area contributed by atoms with Crippen molar-refractivity contribution in [3.8, 4) is 17.2 Å². The van der Waals surface area contributed by atoms with Gasteiger partial charge in [0.15, 0.2) is 0 Å². The fourth-order valence-electron chi connectivity index (χ4n) is 4.63. The van der Waals surface area contributed by atoms with Crippen LogP contribution in [0.3, 0.4) is 0 Å². The zero-order chi connectivity index (χ0) is 17.6. The first-order valence-electron chi connectivity index (χ1n) is 8.70. The third kappa shape index (κ3) is 2.13. The van der Waals surface area contributed by atoms with Gasteiger partial charge in [0.05, 0.1) is 11.6 Å². The van der Waals surface area contributed by atoms with Crippen LogP contribution in [-0.2, 0) is 0 Å². The Morgan fingerprint density at radius 1 is 0.875 bits per heavy atom.